The topological polar surface area (TPSA) is 48.7 Å². The van der Waals surface area contributed by atoms with Crippen LogP contribution in [0.5, 0.6) is 0 Å². The van der Waals surface area contributed by atoms with Gasteiger partial charge in [0.15, 0.2) is 0 Å². The van der Waals surface area contributed by atoms with Gasteiger partial charge in [-0.15, -0.1) is 0 Å². The average Bonchev–Trinajstić information content (AvgIpc) is 2.47. The summed E-state index contributed by atoms with van der Waals surface area (Å²) in [5.74, 6) is 0. The zero-order valence-electron chi connectivity index (χ0n) is 12.2. The Labute approximate surface area is 120 Å². The van der Waals surface area contributed by atoms with Crippen molar-refractivity contribution in [3.05, 3.63) is 42.1 Å². The standard InChI is InChI=1S/C17H21N3/c1-17(2,13-18)9-5-10-19-12-15-7-3-6-14-8-4-11-20-16(14)15/h3-4,6-8,11,19H,5,9-10,12H2,1-2H3. The number of nitrogens with zero attached hydrogens (tertiary/aromatic N) is 2. The van der Waals surface area contributed by atoms with Gasteiger partial charge in [-0.3, -0.25) is 4.98 Å². The molecule has 2 aromatic rings. The van der Waals surface area contributed by atoms with E-state index in [4.69, 9.17) is 5.26 Å². The molecule has 1 aromatic carbocycles. The Balaban J connectivity index is 1.86. The van der Waals surface area contributed by atoms with Gasteiger partial charge in [-0.25, -0.2) is 0 Å². The SMILES string of the molecule is CC(C)(C#N)CCCNCc1cccc2cccnc12. The molecule has 0 bridgehead atoms. The van der Waals surface area contributed by atoms with Gasteiger partial charge in [0.05, 0.1) is 17.0 Å². The fourth-order valence-corrected chi connectivity index (χ4v) is 2.24. The van der Waals surface area contributed by atoms with Gasteiger partial charge in [-0.1, -0.05) is 24.3 Å². The third-order valence-electron chi connectivity index (χ3n) is 3.49. The van der Waals surface area contributed by atoms with Crippen molar-refractivity contribution in [1.29, 1.82) is 5.26 Å². The Kier molecular flexibility index (Phi) is 4.70. The minimum absolute atomic E-state index is 0.220. The van der Waals surface area contributed by atoms with E-state index in [9.17, 15) is 0 Å². The van der Waals surface area contributed by atoms with Crippen LogP contribution in [0.15, 0.2) is 36.5 Å². The lowest BCUT2D eigenvalue weighted by Crippen LogP contribution is -2.18. The molecule has 104 valence electrons. The lowest BCUT2D eigenvalue weighted by atomic mass is 9.90. The highest BCUT2D eigenvalue weighted by Gasteiger charge is 2.15. The molecule has 0 radical (unpaired) electrons. The van der Waals surface area contributed by atoms with Crippen LogP contribution in [0.1, 0.15) is 32.3 Å². The largest absolute Gasteiger partial charge is 0.313 e. The number of hydrogen-bond donors (Lipinski definition) is 1. The third kappa shape index (κ3) is 3.79. The summed E-state index contributed by atoms with van der Waals surface area (Å²) in [7, 11) is 0. The second-order valence-corrected chi connectivity index (χ2v) is 5.77. The zero-order chi connectivity index (χ0) is 14.4. The maximum absolute atomic E-state index is 8.97. The van der Waals surface area contributed by atoms with E-state index >= 15 is 0 Å². The molecular formula is C17H21N3. The number of hydrogen-bond acceptors (Lipinski definition) is 3. The van der Waals surface area contributed by atoms with Crippen molar-refractivity contribution >= 4 is 10.9 Å². The van der Waals surface area contributed by atoms with Crippen LogP contribution < -0.4 is 5.32 Å². The summed E-state index contributed by atoms with van der Waals surface area (Å²) >= 11 is 0. The number of pyridine rings is 1. The van der Waals surface area contributed by atoms with Crippen molar-refractivity contribution in [3.8, 4) is 6.07 Å². The molecule has 0 spiro atoms. The summed E-state index contributed by atoms with van der Waals surface area (Å²) in [6.07, 6.45) is 3.77. The number of nitrogens with one attached hydrogen (secondary N) is 1. The molecular weight excluding hydrogens is 246 g/mol. The first-order chi connectivity index (χ1) is 9.62. The Morgan fingerprint density at radius 2 is 2.05 bits per heavy atom. The van der Waals surface area contributed by atoms with E-state index in [0.717, 1.165) is 31.4 Å². The van der Waals surface area contributed by atoms with Gasteiger partial charge < -0.3 is 5.32 Å². The van der Waals surface area contributed by atoms with Crippen LogP contribution in [0, 0.1) is 16.7 Å². The molecule has 0 aliphatic rings. The van der Waals surface area contributed by atoms with Crippen LogP contribution in [-0.2, 0) is 6.54 Å². The van der Waals surface area contributed by atoms with E-state index in [0.29, 0.717) is 0 Å². The number of rotatable bonds is 6. The fourth-order valence-electron chi connectivity index (χ4n) is 2.24. The highest BCUT2D eigenvalue weighted by molar-refractivity contribution is 5.81. The van der Waals surface area contributed by atoms with Gasteiger partial charge in [0.1, 0.15) is 0 Å². The van der Waals surface area contributed by atoms with Gasteiger partial charge in [0.25, 0.3) is 0 Å². The number of para-hydroxylation sites is 1. The van der Waals surface area contributed by atoms with E-state index < -0.39 is 0 Å². The fraction of sp³-hybridized carbons (Fsp3) is 0.412. The van der Waals surface area contributed by atoms with Crippen LogP contribution >= 0.6 is 0 Å². The lowest BCUT2D eigenvalue weighted by molar-refractivity contribution is 0.426. The molecule has 1 heterocycles. The Morgan fingerprint density at radius 3 is 2.85 bits per heavy atom. The van der Waals surface area contributed by atoms with Crippen LogP contribution in [0.3, 0.4) is 0 Å². The highest BCUT2D eigenvalue weighted by atomic mass is 14.8. The van der Waals surface area contributed by atoms with Gasteiger partial charge in [0, 0.05) is 18.1 Å². The molecule has 0 saturated heterocycles. The lowest BCUT2D eigenvalue weighted by Gasteiger charge is -2.14. The molecule has 1 N–H and O–H groups in total. The number of benzene rings is 1. The second kappa shape index (κ2) is 6.49. The summed E-state index contributed by atoms with van der Waals surface area (Å²) in [6.45, 7) is 5.72. The molecule has 0 atom stereocenters. The minimum Gasteiger partial charge on any atom is -0.313 e. The van der Waals surface area contributed by atoms with Gasteiger partial charge >= 0.3 is 0 Å². The van der Waals surface area contributed by atoms with Crippen molar-refractivity contribution < 1.29 is 0 Å². The Bertz CT molecular complexity index is 606. The summed E-state index contributed by atoms with van der Waals surface area (Å²) in [5, 5.41) is 13.6. The van der Waals surface area contributed by atoms with Crippen molar-refractivity contribution in [3.63, 3.8) is 0 Å². The molecule has 20 heavy (non-hydrogen) atoms. The molecule has 3 nitrogen and oxygen atoms in total. The second-order valence-electron chi connectivity index (χ2n) is 5.77. The summed E-state index contributed by atoms with van der Waals surface area (Å²) in [4.78, 5) is 4.45. The molecule has 2 rings (SSSR count). The maximum atomic E-state index is 8.97. The molecule has 0 saturated carbocycles. The predicted octanol–water partition coefficient (Wildman–Crippen LogP) is 3.65. The van der Waals surface area contributed by atoms with Crippen molar-refractivity contribution in [2.24, 2.45) is 5.41 Å². The normalized spacial score (nSPS) is 11.4. The monoisotopic (exact) mass is 267 g/mol. The number of aromatic nitrogens is 1. The van der Waals surface area contributed by atoms with Crippen LogP contribution in [0.2, 0.25) is 0 Å². The van der Waals surface area contributed by atoms with Crippen LogP contribution in [-0.4, -0.2) is 11.5 Å². The molecule has 0 fully saturated rings. The highest BCUT2D eigenvalue weighted by Crippen LogP contribution is 2.20. The molecule has 0 aliphatic heterocycles. The molecule has 3 heteroatoms. The smallest absolute Gasteiger partial charge is 0.0746 e. The summed E-state index contributed by atoms with van der Waals surface area (Å²) in [6, 6.07) is 12.6. The first-order valence-electron chi connectivity index (χ1n) is 7.07. The van der Waals surface area contributed by atoms with Gasteiger partial charge in [-0.05, 0) is 44.9 Å². The maximum Gasteiger partial charge on any atom is 0.0746 e. The van der Waals surface area contributed by atoms with E-state index in [2.05, 4.69) is 40.6 Å². The molecule has 0 aliphatic carbocycles. The van der Waals surface area contributed by atoms with E-state index in [1.54, 1.807) is 0 Å². The summed E-state index contributed by atoms with van der Waals surface area (Å²) in [5.41, 5.74) is 2.07. The molecule has 0 unspecified atom stereocenters. The Morgan fingerprint density at radius 1 is 1.25 bits per heavy atom. The predicted molar refractivity (Wildman–Crippen MR) is 82.1 cm³/mol. The first kappa shape index (κ1) is 14.5. The first-order valence-corrected chi connectivity index (χ1v) is 7.07. The van der Waals surface area contributed by atoms with Crippen LogP contribution in [0.25, 0.3) is 10.9 Å². The Hall–Kier alpha value is -1.92. The zero-order valence-corrected chi connectivity index (χ0v) is 12.2. The molecule has 0 amide bonds. The van der Waals surface area contributed by atoms with E-state index in [-0.39, 0.29) is 5.41 Å². The third-order valence-corrected chi connectivity index (χ3v) is 3.49. The summed E-state index contributed by atoms with van der Waals surface area (Å²) < 4.78 is 0. The van der Waals surface area contributed by atoms with Gasteiger partial charge in [-0.2, -0.15) is 5.26 Å². The van der Waals surface area contributed by atoms with E-state index in [1.165, 1.54) is 10.9 Å². The average molecular weight is 267 g/mol. The number of fused-ring (bicyclic) bond motifs is 1. The van der Waals surface area contributed by atoms with Crippen molar-refractivity contribution in [2.75, 3.05) is 6.54 Å². The van der Waals surface area contributed by atoms with Crippen LogP contribution in [0.4, 0.5) is 0 Å². The van der Waals surface area contributed by atoms with Crippen molar-refractivity contribution in [2.45, 2.75) is 33.2 Å². The van der Waals surface area contributed by atoms with E-state index in [1.807, 2.05) is 26.1 Å². The van der Waals surface area contributed by atoms with Crippen molar-refractivity contribution in [1.82, 2.24) is 10.3 Å². The minimum atomic E-state index is -0.220. The molecule has 1 aromatic heterocycles. The van der Waals surface area contributed by atoms with Gasteiger partial charge in [0.2, 0.25) is 0 Å². The quantitative estimate of drug-likeness (QED) is 0.813. The number of nitriles is 1.